The van der Waals surface area contributed by atoms with Crippen molar-refractivity contribution >= 4 is 0 Å². The molecule has 0 aliphatic carbocycles. The minimum absolute atomic E-state index is 0.214. The van der Waals surface area contributed by atoms with Gasteiger partial charge in [0.15, 0.2) is 6.29 Å². The van der Waals surface area contributed by atoms with Crippen LogP contribution >= 0.6 is 0 Å². The third kappa shape index (κ3) is 13.8. The Labute approximate surface area is 283 Å². The first-order valence-corrected chi connectivity index (χ1v) is 18.1. The van der Waals surface area contributed by atoms with E-state index in [2.05, 4.69) is 6.92 Å². The second-order valence-electron chi connectivity index (χ2n) is 12.8. The molecule has 1 fully saturated rings. The zero-order chi connectivity index (χ0) is 32.8. The first-order chi connectivity index (χ1) is 23.3. The molecule has 0 saturated carbocycles. The van der Waals surface area contributed by atoms with Crippen molar-refractivity contribution in [1.82, 2.24) is 0 Å². The molecule has 1 N–H and O–H groups in total. The van der Waals surface area contributed by atoms with E-state index in [4.69, 9.17) is 23.7 Å². The van der Waals surface area contributed by atoms with Crippen LogP contribution in [-0.4, -0.2) is 49.0 Å². The largest absolute Gasteiger partial charge is 0.394 e. The van der Waals surface area contributed by atoms with Crippen molar-refractivity contribution in [3.63, 3.8) is 0 Å². The molecule has 3 aromatic rings. The summed E-state index contributed by atoms with van der Waals surface area (Å²) in [5, 5.41) is 10.5. The van der Waals surface area contributed by atoms with Gasteiger partial charge in [0, 0.05) is 6.61 Å². The van der Waals surface area contributed by atoms with Crippen LogP contribution in [0.25, 0.3) is 0 Å². The van der Waals surface area contributed by atoms with Crippen LogP contribution in [0.3, 0.4) is 0 Å². The molecule has 47 heavy (non-hydrogen) atoms. The summed E-state index contributed by atoms with van der Waals surface area (Å²) >= 11 is 0. The highest BCUT2D eigenvalue weighted by Gasteiger charge is 2.48. The Morgan fingerprint density at radius 2 is 0.894 bits per heavy atom. The Bertz CT molecular complexity index is 1160. The molecule has 6 nitrogen and oxygen atoms in total. The van der Waals surface area contributed by atoms with Crippen LogP contribution < -0.4 is 0 Å². The lowest BCUT2D eigenvalue weighted by atomic mass is 9.98. The molecule has 0 aromatic heterocycles. The van der Waals surface area contributed by atoms with E-state index in [1.54, 1.807) is 0 Å². The molecule has 1 heterocycles. The highest BCUT2D eigenvalue weighted by molar-refractivity contribution is 5.15. The molecule has 0 bridgehead atoms. The van der Waals surface area contributed by atoms with Crippen LogP contribution in [0.5, 0.6) is 0 Å². The minimum Gasteiger partial charge on any atom is -0.394 e. The van der Waals surface area contributed by atoms with Gasteiger partial charge in [-0.2, -0.15) is 0 Å². The summed E-state index contributed by atoms with van der Waals surface area (Å²) in [6, 6.07) is 30.2. The predicted molar refractivity (Wildman–Crippen MR) is 188 cm³/mol. The summed E-state index contributed by atoms with van der Waals surface area (Å²) in [6.07, 6.45) is 12.5. The molecule has 6 heteroatoms. The second kappa shape index (κ2) is 22.9. The zero-order valence-electron chi connectivity index (χ0n) is 28.6. The summed E-state index contributed by atoms with van der Waals surface area (Å²) in [4.78, 5) is 0. The maximum atomic E-state index is 10.5. The van der Waals surface area contributed by atoms with Gasteiger partial charge in [-0.3, -0.25) is 0 Å². The van der Waals surface area contributed by atoms with E-state index in [1.807, 2.05) is 91.0 Å². The Morgan fingerprint density at radius 1 is 0.489 bits per heavy atom. The average Bonchev–Trinajstić information content (AvgIpc) is 3.12. The molecule has 1 saturated heterocycles. The van der Waals surface area contributed by atoms with Gasteiger partial charge in [-0.05, 0) is 23.1 Å². The van der Waals surface area contributed by atoms with Crippen molar-refractivity contribution in [2.75, 3.05) is 13.2 Å². The van der Waals surface area contributed by atoms with E-state index in [-0.39, 0.29) is 6.61 Å². The molecular formula is C41H58O6. The Hall–Kier alpha value is -2.58. The maximum absolute atomic E-state index is 10.5. The van der Waals surface area contributed by atoms with Crippen LogP contribution in [0, 0.1) is 0 Å². The van der Waals surface area contributed by atoms with Crippen LogP contribution in [0.1, 0.15) is 101 Å². The van der Waals surface area contributed by atoms with E-state index >= 15 is 0 Å². The van der Waals surface area contributed by atoms with Gasteiger partial charge in [-0.15, -0.1) is 0 Å². The Morgan fingerprint density at radius 3 is 1.34 bits per heavy atom. The fourth-order valence-electron chi connectivity index (χ4n) is 6.17. The van der Waals surface area contributed by atoms with Crippen molar-refractivity contribution in [2.24, 2.45) is 0 Å². The van der Waals surface area contributed by atoms with Crippen molar-refractivity contribution in [3.05, 3.63) is 108 Å². The van der Waals surface area contributed by atoms with E-state index in [0.717, 1.165) is 29.5 Å². The summed E-state index contributed by atoms with van der Waals surface area (Å²) in [6.45, 7) is 3.75. The standard InChI is InChI=1S/C41H58O6/c1-2-3-4-5-6-7-8-9-10-11-12-22-29-43-41-40(46-33-36-27-20-15-21-28-36)39(45-32-35-25-18-14-19-26-35)38(37(30-42)47-41)44-31-34-23-16-13-17-24-34/h13-21,23-28,37-42H,2-12,22,29-33H2,1H3/t37-,38-,39+,40-,41-/m1/s1. The average molecular weight is 647 g/mol. The topological polar surface area (TPSA) is 66.4 Å². The number of unbranched alkanes of at least 4 members (excludes halogenated alkanes) is 11. The van der Waals surface area contributed by atoms with Gasteiger partial charge in [-0.1, -0.05) is 169 Å². The van der Waals surface area contributed by atoms with Crippen molar-refractivity contribution in [1.29, 1.82) is 0 Å². The van der Waals surface area contributed by atoms with Crippen LogP contribution in [0.2, 0.25) is 0 Å². The van der Waals surface area contributed by atoms with Gasteiger partial charge in [0.05, 0.1) is 26.4 Å². The van der Waals surface area contributed by atoms with Gasteiger partial charge in [0.1, 0.15) is 24.4 Å². The lowest BCUT2D eigenvalue weighted by molar-refractivity contribution is -0.326. The first kappa shape index (κ1) is 37.2. The zero-order valence-corrected chi connectivity index (χ0v) is 28.6. The number of rotatable bonds is 24. The number of hydrogen-bond donors (Lipinski definition) is 1. The van der Waals surface area contributed by atoms with Gasteiger partial charge in [-0.25, -0.2) is 0 Å². The molecule has 5 atom stereocenters. The van der Waals surface area contributed by atoms with Crippen molar-refractivity contribution in [2.45, 2.75) is 135 Å². The number of ether oxygens (including phenoxy) is 5. The molecule has 3 aromatic carbocycles. The monoisotopic (exact) mass is 646 g/mol. The lowest BCUT2D eigenvalue weighted by Crippen LogP contribution is -2.61. The molecule has 0 unspecified atom stereocenters. The number of hydrogen-bond acceptors (Lipinski definition) is 6. The fourth-order valence-corrected chi connectivity index (χ4v) is 6.17. The van der Waals surface area contributed by atoms with Crippen LogP contribution in [-0.2, 0) is 43.5 Å². The summed E-state index contributed by atoms with van der Waals surface area (Å²) in [7, 11) is 0. The number of benzene rings is 3. The molecular weight excluding hydrogens is 588 g/mol. The number of aliphatic hydroxyl groups is 1. The van der Waals surface area contributed by atoms with Gasteiger partial charge >= 0.3 is 0 Å². The molecule has 1 aliphatic heterocycles. The Balaban J connectivity index is 1.36. The van der Waals surface area contributed by atoms with E-state index < -0.39 is 30.7 Å². The van der Waals surface area contributed by atoms with Gasteiger partial charge in [0.2, 0.25) is 0 Å². The third-order valence-corrected chi connectivity index (χ3v) is 8.91. The van der Waals surface area contributed by atoms with Crippen LogP contribution in [0.15, 0.2) is 91.0 Å². The third-order valence-electron chi connectivity index (χ3n) is 8.91. The summed E-state index contributed by atoms with van der Waals surface area (Å²) in [5.41, 5.74) is 3.15. The maximum Gasteiger partial charge on any atom is 0.186 e. The lowest BCUT2D eigenvalue weighted by Gasteiger charge is -2.45. The molecule has 1 aliphatic rings. The first-order valence-electron chi connectivity index (χ1n) is 18.1. The van der Waals surface area contributed by atoms with Crippen molar-refractivity contribution in [3.8, 4) is 0 Å². The van der Waals surface area contributed by atoms with Crippen LogP contribution in [0.4, 0.5) is 0 Å². The molecule has 258 valence electrons. The molecule has 0 spiro atoms. The predicted octanol–water partition coefficient (Wildman–Crippen LogP) is 9.18. The molecule has 0 radical (unpaired) electrons. The molecule has 4 rings (SSSR count). The molecule has 0 amide bonds. The van der Waals surface area contributed by atoms with Gasteiger partial charge in [0.25, 0.3) is 0 Å². The van der Waals surface area contributed by atoms with Crippen molar-refractivity contribution < 1.29 is 28.8 Å². The fraction of sp³-hybridized carbons (Fsp3) is 0.561. The second-order valence-corrected chi connectivity index (χ2v) is 12.8. The smallest absolute Gasteiger partial charge is 0.186 e. The normalized spacial score (nSPS) is 21.2. The highest BCUT2D eigenvalue weighted by atomic mass is 16.7. The van der Waals surface area contributed by atoms with Gasteiger partial charge < -0.3 is 28.8 Å². The quantitative estimate of drug-likeness (QED) is 0.0980. The van der Waals surface area contributed by atoms with E-state index in [9.17, 15) is 5.11 Å². The van der Waals surface area contributed by atoms with E-state index in [1.165, 1.54) is 64.2 Å². The minimum atomic E-state index is -0.694. The number of aliphatic hydroxyl groups excluding tert-OH is 1. The summed E-state index contributed by atoms with van der Waals surface area (Å²) in [5.74, 6) is 0. The SMILES string of the molecule is CCCCCCCCCCCCCCO[C@@H]1O[C@H](CO)[C@@H](OCc2ccccc2)[C@H](OCc2ccccc2)[C@H]1OCc1ccccc1. The van der Waals surface area contributed by atoms with E-state index in [0.29, 0.717) is 26.4 Å². The summed E-state index contributed by atoms with van der Waals surface area (Å²) < 4.78 is 32.5. The highest BCUT2D eigenvalue weighted by Crippen LogP contribution is 2.31. The Kier molecular flexibility index (Phi) is 18.1.